The zero-order chi connectivity index (χ0) is 18.7. The Hall–Kier alpha value is -2.31. The van der Waals surface area contributed by atoms with Crippen molar-refractivity contribution in [1.29, 1.82) is 0 Å². The van der Waals surface area contributed by atoms with Crippen molar-refractivity contribution in [2.45, 2.75) is 25.4 Å². The topological polar surface area (TPSA) is 67.8 Å². The second-order valence-corrected chi connectivity index (χ2v) is 7.40. The molecule has 0 fully saturated rings. The number of rotatable bonds is 6. The van der Waals surface area contributed by atoms with Crippen LogP contribution in [0.2, 0.25) is 0 Å². The van der Waals surface area contributed by atoms with Crippen molar-refractivity contribution in [1.82, 2.24) is 5.32 Å². The molecular weight excluding hydrogens is 350 g/mol. The maximum absolute atomic E-state index is 12.4. The van der Waals surface area contributed by atoms with E-state index in [4.69, 9.17) is 9.47 Å². The molecule has 0 saturated carbocycles. The van der Waals surface area contributed by atoms with E-state index in [-0.39, 0.29) is 12.5 Å². The van der Waals surface area contributed by atoms with Crippen LogP contribution in [0.4, 0.5) is 0 Å². The Morgan fingerprint density at radius 1 is 1.35 bits per heavy atom. The van der Waals surface area contributed by atoms with Gasteiger partial charge in [0, 0.05) is 10.5 Å². The van der Waals surface area contributed by atoms with Gasteiger partial charge in [0.15, 0.2) is 11.5 Å². The zero-order valence-corrected chi connectivity index (χ0v) is 16.0. The summed E-state index contributed by atoms with van der Waals surface area (Å²) in [6, 6.07) is 7.61. The first-order valence-electron chi connectivity index (χ1n) is 8.44. The van der Waals surface area contributed by atoms with Crippen molar-refractivity contribution >= 4 is 23.3 Å². The summed E-state index contributed by atoms with van der Waals surface area (Å²) in [5.74, 6) is 1.04. The van der Waals surface area contributed by atoms with Gasteiger partial charge in [0.25, 0.3) is 0 Å². The first-order chi connectivity index (χ1) is 12.5. The van der Waals surface area contributed by atoms with E-state index >= 15 is 0 Å². The molecule has 2 aromatic rings. The van der Waals surface area contributed by atoms with Crippen molar-refractivity contribution in [2.24, 2.45) is 0 Å². The smallest absolute Gasteiger partial charge is 0.247 e. The van der Waals surface area contributed by atoms with Crippen LogP contribution in [-0.2, 0) is 16.8 Å². The van der Waals surface area contributed by atoms with Gasteiger partial charge in [-0.25, -0.2) is 0 Å². The number of aliphatic hydroxyl groups is 1. The van der Waals surface area contributed by atoms with Crippen LogP contribution in [0.25, 0.3) is 6.08 Å². The molecule has 26 heavy (non-hydrogen) atoms. The van der Waals surface area contributed by atoms with Crippen LogP contribution in [0, 0.1) is 0 Å². The summed E-state index contributed by atoms with van der Waals surface area (Å²) in [5.41, 5.74) is 1.32. The number of methoxy groups -OCH3 is 2. The lowest BCUT2D eigenvalue weighted by Crippen LogP contribution is -2.39. The standard InChI is InChI=1S/C20H23NO4S/c1-13(9-15-5-4-8-26-15)19(22)21-12-20(23)7-6-14-10-17(24-2)18(25-3)11-16(14)20/h4-5,8-11,23H,6-7,12H2,1-3H3,(H,21,22)/b13-9+. The molecule has 138 valence electrons. The third-order valence-electron chi connectivity index (χ3n) is 4.72. The van der Waals surface area contributed by atoms with E-state index in [0.717, 1.165) is 22.4 Å². The Morgan fingerprint density at radius 3 is 2.73 bits per heavy atom. The Kier molecular flexibility index (Phi) is 5.34. The minimum Gasteiger partial charge on any atom is -0.493 e. The summed E-state index contributed by atoms with van der Waals surface area (Å²) >= 11 is 1.58. The molecule has 2 N–H and O–H groups in total. The zero-order valence-electron chi connectivity index (χ0n) is 15.2. The van der Waals surface area contributed by atoms with Crippen molar-refractivity contribution in [3.63, 3.8) is 0 Å². The van der Waals surface area contributed by atoms with Crippen LogP contribution >= 0.6 is 11.3 Å². The molecule has 1 atom stereocenters. The third-order valence-corrected chi connectivity index (χ3v) is 5.54. The van der Waals surface area contributed by atoms with Crippen LogP contribution in [0.15, 0.2) is 35.2 Å². The number of carbonyl (C=O) groups is 1. The first-order valence-corrected chi connectivity index (χ1v) is 9.32. The molecule has 0 aliphatic heterocycles. The van der Waals surface area contributed by atoms with Gasteiger partial charge in [-0.2, -0.15) is 0 Å². The third kappa shape index (κ3) is 3.61. The highest BCUT2D eigenvalue weighted by Crippen LogP contribution is 2.42. The lowest BCUT2D eigenvalue weighted by molar-refractivity contribution is -0.118. The molecule has 0 saturated heterocycles. The molecule has 1 aliphatic carbocycles. The summed E-state index contributed by atoms with van der Waals surface area (Å²) in [6.07, 6.45) is 3.12. The van der Waals surface area contributed by atoms with E-state index in [1.54, 1.807) is 32.5 Å². The highest BCUT2D eigenvalue weighted by Gasteiger charge is 2.38. The SMILES string of the molecule is COc1cc2c(cc1OC)C(O)(CNC(=O)/C(C)=C/c1cccs1)CC2. The number of aryl methyl sites for hydroxylation is 1. The molecule has 1 unspecified atom stereocenters. The molecule has 5 nitrogen and oxygen atoms in total. The average molecular weight is 373 g/mol. The normalized spacial score (nSPS) is 19.2. The van der Waals surface area contributed by atoms with E-state index in [2.05, 4.69) is 5.32 Å². The molecular formula is C20H23NO4S. The fourth-order valence-electron chi connectivity index (χ4n) is 3.24. The molecule has 1 aliphatic rings. The van der Waals surface area contributed by atoms with Gasteiger partial charge in [-0.3, -0.25) is 4.79 Å². The van der Waals surface area contributed by atoms with Crippen molar-refractivity contribution in [2.75, 3.05) is 20.8 Å². The highest BCUT2D eigenvalue weighted by molar-refractivity contribution is 7.10. The Balaban J connectivity index is 1.74. The second kappa shape index (κ2) is 7.51. The lowest BCUT2D eigenvalue weighted by Gasteiger charge is -2.25. The average Bonchev–Trinajstić information content (AvgIpc) is 3.27. The number of hydrogen-bond acceptors (Lipinski definition) is 5. The molecule has 1 aromatic heterocycles. The number of ether oxygens (including phenoxy) is 2. The van der Waals surface area contributed by atoms with E-state index in [1.165, 1.54) is 0 Å². The Bertz CT molecular complexity index is 829. The van der Waals surface area contributed by atoms with E-state index < -0.39 is 5.60 Å². The summed E-state index contributed by atoms with van der Waals surface area (Å²) in [5, 5.41) is 15.9. The summed E-state index contributed by atoms with van der Waals surface area (Å²) in [7, 11) is 3.16. The maximum atomic E-state index is 12.4. The van der Waals surface area contributed by atoms with Gasteiger partial charge in [0.05, 0.1) is 20.8 Å². The number of hydrogen-bond donors (Lipinski definition) is 2. The van der Waals surface area contributed by atoms with Gasteiger partial charge in [-0.05, 0) is 60.5 Å². The van der Waals surface area contributed by atoms with Gasteiger partial charge in [0.2, 0.25) is 5.91 Å². The van der Waals surface area contributed by atoms with Crippen LogP contribution in [0.3, 0.4) is 0 Å². The number of benzene rings is 1. The molecule has 0 spiro atoms. The number of fused-ring (bicyclic) bond motifs is 1. The minimum absolute atomic E-state index is 0.157. The predicted molar refractivity (Wildman–Crippen MR) is 103 cm³/mol. The molecule has 3 rings (SSSR count). The Morgan fingerprint density at radius 2 is 2.08 bits per heavy atom. The summed E-state index contributed by atoms with van der Waals surface area (Å²) in [6.45, 7) is 1.93. The van der Waals surface area contributed by atoms with E-state index in [9.17, 15) is 9.90 Å². The van der Waals surface area contributed by atoms with Crippen LogP contribution in [-0.4, -0.2) is 31.8 Å². The largest absolute Gasteiger partial charge is 0.493 e. The summed E-state index contributed by atoms with van der Waals surface area (Å²) in [4.78, 5) is 13.4. The lowest BCUT2D eigenvalue weighted by atomic mass is 9.95. The minimum atomic E-state index is -1.10. The number of thiophene rings is 1. The Labute approximate surface area is 157 Å². The fourth-order valence-corrected chi connectivity index (χ4v) is 3.96. The number of nitrogens with one attached hydrogen (secondary N) is 1. The fraction of sp³-hybridized carbons (Fsp3) is 0.350. The van der Waals surface area contributed by atoms with Crippen LogP contribution in [0.1, 0.15) is 29.3 Å². The maximum Gasteiger partial charge on any atom is 0.247 e. The molecule has 1 heterocycles. The molecule has 1 aromatic carbocycles. The van der Waals surface area contributed by atoms with Gasteiger partial charge in [-0.1, -0.05) is 6.07 Å². The number of carbonyl (C=O) groups excluding carboxylic acids is 1. The highest BCUT2D eigenvalue weighted by atomic mass is 32.1. The van der Waals surface area contributed by atoms with E-state index in [1.807, 2.05) is 35.7 Å². The molecule has 0 radical (unpaired) electrons. The molecule has 1 amide bonds. The van der Waals surface area contributed by atoms with Crippen molar-refractivity contribution in [3.8, 4) is 11.5 Å². The van der Waals surface area contributed by atoms with Gasteiger partial charge in [0.1, 0.15) is 5.60 Å². The number of amides is 1. The van der Waals surface area contributed by atoms with E-state index in [0.29, 0.717) is 23.5 Å². The first kappa shape index (κ1) is 18.5. The van der Waals surface area contributed by atoms with Crippen molar-refractivity contribution in [3.05, 3.63) is 51.2 Å². The van der Waals surface area contributed by atoms with Crippen LogP contribution in [0.5, 0.6) is 11.5 Å². The van der Waals surface area contributed by atoms with Gasteiger partial charge >= 0.3 is 0 Å². The van der Waals surface area contributed by atoms with Crippen molar-refractivity contribution < 1.29 is 19.4 Å². The molecule has 6 heteroatoms. The van der Waals surface area contributed by atoms with Crippen LogP contribution < -0.4 is 14.8 Å². The summed E-state index contributed by atoms with van der Waals surface area (Å²) < 4.78 is 10.7. The van der Waals surface area contributed by atoms with Gasteiger partial charge in [-0.15, -0.1) is 11.3 Å². The van der Waals surface area contributed by atoms with Gasteiger partial charge < -0.3 is 19.9 Å². The molecule has 0 bridgehead atoms. The monoisotopic (exact) mass is 373 g/mol. The quantitative estimate of drug-likeness (QED) is 0.764. The predicted octanol–water partition coefficient (Wildman–Crippen LogP) is 3.12. The second-order valence-electron chi connectivity index (χ2n) is 6.42.